The van der Waals surface area contributed by atoms with E-state index in [0.717, 1.165) is 24.2 Å². The maximum absolute atomic E-state index is 12.1. The molecule has 0 unspecified atom stereocenters. The van der Waals surface area contributed by atoms with E-state index in [1.807, 2.05) is 6.92 Å². The summed E-state index contributed by atoms with van der Waals surface area (Å²) in [6.07, 6.45) is -2.64. The maximum atomic E-state index is 12.1. The second-order valence-electron chi connectivity index (χ2n) is 4.35. The highest BCUT2D eigenvalue weighted by molar-refractivity contribution is 7.22. The minimum absolute atomic E-state index is 0.150. The molecule has 0 fully saturated rings. The van der Waals surface area contributed by atoms with Crippen molar-refractivity contribution in [3.63, 3.8) is 0 Å². The predicted octanol–water partition coefficient (Wildman–Crippen LogP) is 4.32. The SMILES string of the molecule is CCCCC(=O)Nc1nc2ccc(OC(F)(F)F)cc2s1. The summed E-state index contributed by atoms with van der Waals surface area (Å²) < 4.78 is 40.8. The number of nitrogens with zero attached hydrogens (tertiary/aromatic N) is 1. The minimum Gasteiger partial charge on any atom is -0.406 e. The molecule has 0 atom stereocenters. The topological polar surface area (TPSA) is 51.2 Å². The number of carbonyl (C=O) groups excluding carboxylic acids is 1. The van der Waals surface area contributed by atoms with E-state index in [0.29, 0.717) is 21.8 Å². The van der Waals surface area contributed by atoms with Gasteiger partial charge < -0.3 is 10.1 Å². The highest BCUT2D eigenvalue weighted by Gasteiger charge is 2.31. The van der Waals surface area contributed by atoms with Crippen molar-refractivity contribution in [2.45, 2.75) is 32.5 Å². The van der Waals surface area contributed by atoms with Gasteiger partial charge in [0.1, 0.15) is 5.75 Å². The van der Waals surface area contributed by atoms with Crippen LogP contribution in [0.4, 0.5) is 18.3 Å². The van der Waals surface area contributed by atoms with Crippen molar-refractivity contribution in [3.05, 3.63) is 18.2 Å². The number of amides is 1. The molecular formula is C13H13F3N2O2S. The maximum Gasteiger partial charge on any atom is 0.573 e. The molecule has 1 amide bonds. The van der Waals surface area contributed by atoms with Gasteiger partial charge >= 0.3 is 6.36 Å². The van der Waals surface area contributed by atoms with Gasteiger partial charge in [0.05, 0.1) is 10.2 Å². The van der Waals surface area contributed by atoms with Crippen LogP contribution < -0.4 is 10.1 Å². The summed E-state index contributed by atoms with van der Waals surface area (Å²) in [4.78, 5) is 15.7. The predicted molar refractivity (Wildman–Crippen MR) is 74.5 cm³/mol. The summed E-state index contributed by atoms with van der Waals surface area (Å²) in [6, 6.07) is 3.87. The van der Waals surface area contributed by atoms with Crippen molar-refractivity contribution in [2.75, 3.05) is 5.32 Å². The van der Waals surface area contributed by atoms with Crippen molar-refractivity contribution < 1.29 is 22.7 Å². The molecule has 2 aromatic rings. The van der Waals surface area contributed by atoms with Crippen LogP contribution in [0, 0.1) is 0 Å². The third-order valence-electron chi connectivity index (χ3n) is 2.60. The number of nitrogens with one attached hydrogen (secondary N) is 1. The van der Waals surface area contributed by atoms with Gasteiger partial charge in [-0.3, -0.25) is 4.79 Å². The van der Waals surface area contributed by atoms with Gasteiger partial charge in [-0.2, -0.15) is 0 Å². The summed E-state index contributed by atoms with van der Waals surface area (Å²) in [5, 5.41) is 3.01. The minimum atomic E-state index is -4.73. The molecule has 0 saturated carbocycles. The number of alkyl halides is 3. The van der Waals surface area contributed by atoms with E-state index in [-0.39, 0.29) is 11.7 Å². The van der Waals surface area contributed by atoms with Crippen LogP contribution in [0.25, 0.3) is 10.2 Å². The molecule has 0 aliphatic carbocycles. The number of hydrogen-bond donors (Lipinski definition) is 1. The van der Waals surface area contributed by atoms with Crippen LogP contribution in [0.2, 0.25) is 0 Å². The molecule has 1 aromatic carbocycles. The molecule has 8 heteroatoms. The Balaban J connectivity index is 2.12. The van der Waals surface area contributed by atoms with Gasteiger partial charge in [0.25, 0.3) is 0 Å². The third kappa shape index (κ3) is 4.59. The quantitative estimate of drug-likeness (QED) is 0.893. The number of benzene rings is 1. The Bertz CT molecular complexity index is 640. The van der Waals surface area contributed by atoms with Crippen molar-refractivity contribution in [1.29, 1.82) is 0 Å². The van der Waals surface area contributed by atoms with Crippen LogP contribution in [0.3, 0.4) is 0 Å². The lowest BCUT2D eigenvalue weighted by atomic mass is 10.2. The number of rotatable bonds is 5. The van der Waals surface area contributed by atoms with Gasteiger partial charge in [0, 0.05) is 12.5 Å². The van der Waals surface area contributed by atoms with Crippen LogP contribution >= 0.6 is 11.3 Å². The molecule has 21 heavy (non-hydrogen) atoms. The largest absolute Gasteiger partial charge is 0.573 e. The Morgan fingerprint density at radius 3 is 2.86 bits per heavy atom. The second-order valence-corrected chi connectivity index (χ2v) is 5.38. The molecule has 1 heterocycles. The number of anilines is 1. The first-order valence-electron chi connectivity index (χ1n) is 6.33. The molecule has 114 valence electrons. The van der Waals surface area contributed by atoms with Gasteiger partial charge in [-0.15, -0.1) is 13.2 Å². The fourth-order valence-electron chi connectivity index (χ4n) is 1.67. The molecule has 1 N–H and O–H groups in total. The van der Waals surface area contributed by atoms with Crippen LogP contribution in [0.15, 0.2) is 18.2 Å². The van der Waals surface area contributed by atoms with Crippen LogP contribution in [0.5, 0.6) is 5.75 Å². The summed E-state index contributed by atoms with van der Waals surface area (Å²) in [7, 11) is 0. The lowest BCUT2D eigenvalue weighted by molar-refractivity contribution is -0.274. The third-order valence-corrected chi connectivity index (χ3v) is 3.53. The van der Waals surface area contributed by atoms with Crippen LogP contribution in [0.1, 0.15) is 26.2 Å². The highest BCUT2D eigenvalue weighted by Crippen LogP contribution is 2.31. The smallest absolute Gasteiger partial charge is 0.406 e. The molecule has 1 aromatic heterocycles. The van der Waals surface area contributed by atoms with E-state index in [1.54, 1.807) is 0 Å². The lowest BCUT2D eigenvalue weighted by Crippen LogP contribution is -2.16. The number of ether oxygens (including phenoxy) is 1. The molecular weight excluding hydrogens is 305 g/mol. The fourth-order valence-corrected chi connectivity index (χ4v) is 2.59. The Labute approximate surface area is 122 Å². The highest BCUT2D eigenvalue weighted by atomic mass is 32.1. The molecule has 0 bridgehead atoms. The molecule has 0 spiro atoms. The number of aromatic nitrogens is 1. The van der Waals surface area contributed by atoms with Crippen molar-refractivity contribution >= 4 is 32.6 Å². The number of thiazole rings is 1. The summed E-state index contributed by atoms with van der Waals surface area (Å²) in [5.74, 6) is -0.454. The monoisotopic (exact) mass is 318 g/mol. The zero-order valence-corrected chi connectivity index (χ0v) is 12.0. The first-order valence-corrected chi connectivity index (χ1v) is 7.15. The number of fused-ring (bicyclic) bond motifs is 1. The first kappa shape index (κ1) is 15.6. The normalized spacial score (nSPS) is 11.6. The van der Waals surface area contributed by atoms with Crippen LogP contribution in [-0.4, -0.2) is 17.3 Å². The van der Waals surface area contributed by atoms with E-state index in [9.17, 15) is 18.0 Å². The molecule has 0 radical (unpaired) electrons. The molecule has 0 aliphatic rings. The fraction of sp³-hybridized carbons (Fsp3) is 0.385. The first-order chi connectivity index (χ1) is 9.87. The zero-order valence-electron chi connectivity index (χ0n) is 11.2. The average Bonchev–Trinajstić information content (AvgIpc) is 2.75. The van der Waals surface area contributed by atoms with E-state index < -0.39 is 6.36 Å². The zero-order chi connectivity index (χ0) is 15.5. The second kappa shape index (κ2) is 6.30. The number of halogens is 3. The van der Waals surface area contributed by atoms with Crippen molar-refractivity contribution in [3.8, 4) is 5.75 Å². The van der Waals surface area contributed by atoms with Crippen molar-refractivity contribution in [2.24, 2.45) is 0 Å². The number of carbonyl (C=O) groups is 1. The van der Waals surface area contributed by atoms with E-state index >= 15 is 0 Å². The molecule has 2 rings (SSSR count). The Morgan fingerprint density at radius 1 is 1.43 bits per heavy atom. The van der Waals surface area contributed by atoms with Gasteiger partial charge in [-0.05, 0) is 18.6 Å². The molecule has 4 nitrogen and oxygen atoms in total. The lowest BCUT2D eigenvalue weighted by Gasteiger charge is -2.07. The molecule has 0 aliphatic heterocycles. The Morgan fingerprint density at radius 2 is 2.19 bits per heavy atom. The summed E-state index contributed by atoms with van der Waals surface area (Å²) >= 11 is 1.11. The van der Waals surface area contributed by atoms with E-state index in [4.69, 9.17) is 0 Å². The van der Waals surface area contributed by atoms with Crippen LogP contribution in [-0.2, 0) is 4.79 Å². The Hall–Kier alpha value is -1.83. The standard InChI is InChI=1S/C13H13F3N2O2S/c1-2-3-4-11(19)18-12-17-9-6-5-8(7-10(9)21-12)20-13(14,15)16/h5-7H,2-4H2,1H3,(H,17,18,19). The average molecular weight is 318 g/mol. The van der Waals surface area contributed by atoms with E-state index in [2.05, 4.69) is 15.0 Å². The summed E-state index contributed by atoms with van der Waals surface area (Å²) in [6.45, 7) is 1.98. The van der Waals surface area contributed by atoms with Gasteiger partial charge in [-0.25, -0.2) is 4.98 Å². The van der Waals surface area contributed by atoms with Crippen molar-refractivity contribution in [1.82, 2.24) is 4.98 Å². The Kier molecular flexibility index (Phi) is 4.66. The summed E-state index contributed by atoms with van der Waals surface area (Å²) in [5.41, 5.74) is 0.514. The van der Waals surface area contributed by atoms with Gasteiger partial charge in [-0.1, -0.05) is 24.7 Å². The van der Waals surface area contributed by atoms with Gasteiger partial charge in [0.2, 0.25) is 5.91 Å². The van der Waals surface area contributed by atoms with E-state index in [1.165, 1.54) is 18.2 Å². The number of hydrogen-bond acceptors (Lipinski definition) is 4. The van der Waals surface area contributed by atoms with Gasteiger partial charge in [0.15, 0.2) is 5.13 Å². The number of unbranched alkanes of at least 4 members (excludes halogenated alkanes) is 1. The molecule has 0 saturated heterocycles.